The van der Waals surface area contributed by atoms with Gasteiger partial charge in [0.15, 0.2) is 5.96 Å². The molecule has 1 fully saturated rings. The smallest absolute Gasteiger partial charge is 0.193 e. The fourth-order valence-corrected chi connectivity index (χ4v) is 2.37. The molecule has 5 nitrogen and oxygen atoms in total. The summed E-state index contributed by atoms with van der Waals surface area (Å²) in [5.41, 5.74) is 0.216. The quantitative estimate of drug-likeness (QED) is 0.644. The molecule has 6 heteroatoms. The molecule has 1 aromatic carbocycles. The van der Waals surface area contributed by atoms with Gasteiger partial charge in [0, 0.05) is 31.1 Å². The normalized spacial score (nSPS) is 16.8. The van der Waals surface area contributed by atoms with Crippen LogP contribution in [0.2, 0.25) is 5.02 Å². The Labute approximate surface area is 137 Å². The average molecular weight is 326 g/mol. The van der Waals surface area contributed by atoms with Gasteiger partial charge >= 0.3 is 0 Å². The van der Waals surface area contributed by atoms with Crippen LogP contribution in [0, 0.1) is 5.41 Å². The molecule has 122 valence electrons. The SMILES string of the molecule is CN=C(NCC1(C)COC1)N(C)CCOc1cccc(Cl)c1. The Kier molecular flexibility index (Phi) is 5.91. The molecule has 0 bridgehead atoms. The number of hydrogen-bond acceptors (Lipinski definition) is 3. The van der Waals surface area contributed by atoms with Gasteiger partial charge in [-0.05, 0) is 18.2 Å². The van der Waals surface area contributed by atoms with E-state index in [0.29, 0.717) is 11.6 Å². The van der Waals surface area contributed by atoms with Crippen molar-refractivity contribution < 1.29 is 9.47 Å². The average Bonchev–Trinajstić information content (AvgIpc) is 2.46. The van der Waals surface area contributed by atoms with Crippen LogP contribution in [0.5, 0.6) is 5.75 Å². The molecule has 0 radical (unpaired) electrons. The highest BCUT2D eigenvalue weighted by molar-refractivity contribution is 6.30. The van der Waals surface area contributed by atoms with Crippen molar-refractivity contribution in [2.45, 2.75) is 6.92 Å². The summed E-state index contributed by atoms with van der Waals surface area (Å²) < 4.78 is 11.0. The predicted octanol–water partition coefficient (Wildman–Crippen LogP) is 2.26. The summed E-state index contributed by atoms with van der Waals surface area (Å²) in [5, 5.41) is 4.07. The third kappa shape index (κ3) is 4.78. The zero-order chi connectivity index (χ0) is 16.0. The summed E-state index contributed by atoms with van der Waals surface area (Å²) in [4.78, 5) is 6.35. The zero-order valence-corrected chi connectivity index (χ0v) is 14.2. The molecular formula is C16H24ClN3O2. The van der Waals surface area contributed by atoms with Gasteiger partial charge in [0.1, 0.15) is 12.4 Å². The Morgan fingerprint density at radius 1 is 1.50 bits per heavy atom. The van der Waals surface area contributed by atoms with Crippen LogP contribution in [0.4, 0.5) is 0 Å². The van der Waals surface area contributed by atoms with Gasteiger partial charge in [-0.2, -0.15) is 0 Å². The standard InChI is InChI=1S/C16H24ClN3O2/c1-16(11-21-12-16)10-19-15(18-2)20(3)7-8-22-14-6-4-5-13(17)9-14/h4-6,9H,7-8,10-12H2,1-3H3,(H,18,19). The lowest BCUT2D eigenvalue weighted by Crippen LogP contribution is -2.51. The lowest BCUT2D eigenvalue weighted by Gasteiger charge is -2.39. The van der Waals surface area contributed by atoms with Crippen LogP contribution in [0.25, 0.3) is 0 Å². The van der Waals surface area contributed by atoms with E-state index in [0.717, 1.165) is 38.0 Å². The van der Waals surface area contributed by atoms with Crippen LogP contribution < -0.4 is 10.1 Å². The molecule has 0 spiro atoms. The maximum Gasteiger partial charge on any atom is 0.193 e. The number of nitrogens with one attached hydrogen (secondary N) is 1. The molecule has 0 aliphatic carbocycles. The molecule has 0 atom stereocenters. The summed E-state index contributed by atoms with van der Waals surface area (Å²) in [7, 11) is 3.78. The topological polar surface area (TPSA) is 46.1 Å². The van der Waals surface area contributed by atoms with E-state index in [1.807, 2.05) is 36.2 Å². The zero-order valence-electron chi connectivity index (χ0n) is 13.4. The molecule has 0 aromatic heterocycles. The molecule has 0 unspecified atom stereocenters. The van der Waals surface area contributed by atoms with Crippen molar-refractivity contribution in [1.29, 1.82) is 0 Å². The fourth-order valence-electron chi connectivity index (χ4n) is 2.19. The maximum atomic E-state index is 5.93. The monoisotopic (exact) mass is 325 g/mol. The lowest BCUT2D eigenvalue weighted by atomic mass is 9.89. The summed E-state index contributed by atoms with van der Waals surface area (Å²) in [5.74, 6) is 1.64. The number of likely N-dealkylation sites (N-methyl/N-ethyl adjacent to an activating group) is 1. The molecular weight excluding hydrogens is 302 g/mol. The van der Waals surface area contributed by atoms with Gasteiger partial charge in [-0.1, -0.05) is 24.6 Å². The van der Waals surface area contributed by atoms with Crippen molar-refractivity contribution in [3.05, 3.63) is 29.3 Å². The number of benzene rings is 1. The molecule has 0 saturated carbocycles. The van der Waals surface area contributed by atoms with Crippen molar-refractivity contribution in [3.63, 3.8) is 0 Å². The fraction of sp³-hybridized carbons (Fsp3) is 0.562. The first-order chi connectivity index (χ1) is 10.5. The number of aliphatic imine (C=N–C) groups is 1. The number of nitrogens with zero attached hydrogens (tertiary/aromatic N) is 2. The highest BCUT2D eigenvalue weighted by atomic mass is 35.5. The first-order valence-electron chi connectivity index (χ1n) is 7.40. The van der Waals surface area contributed by atoms with Gasteiger partial charge in [0.05, 0.1) is 19.8 Å². The molecule has 0 amide bonds. The van der Waals surface area contributed by atoms with E-state index in [1.165, 1.54) is 0 Å². The largest absolute Gasteiger partial charge is 0.492 e. The van der Waals surface area contributed by atoms with Crippen LogP contribution in [-0.2, 0) is 4.74 Å². The van der Waals surface area contributed by atoms with Gasteiger partial charge < -0.3 is 19.7 Å². The molecule has 1 N–H and O–H groups in total. The van der Waals surface area contributed by atoms with E-state index < -0.39 is 0 Å². The van der Waals surface area contributed by atoms with E-state index in [2.05, 4.69) is 17.2 Å². The van der Waals surface area contributed by atoms with E-state index in [4.69, 9.17) is 21.1 Å². The van der Waals surface area contributed by atoms with Gasteiger partial charge in [0.2, 0.25) is 0 Å². The molecule has 1 aromatic rings. The molecule has 1 aliphatic rings. The van der Waals surface area contributed by atoms with Crippen LogP contribution in [0.15, 0.2) is 29.3 Å². The number of rotatable bonds is 6. The van der Waals surface area contributed by atoms with Crippen molar-refractivity contribution in [1.82, 2.24) is 10.2 Å². The van der Waals surface area contributed by atoms with Gasteiger partial charge in [-0.3, -0.25) is 4.99 Å². The van der Waals surface area contributed by atoms with Gasteiger partial charge in [-0.15, -0.1) is 0 Å². The van der Waals surface area contributed by atoms with Crippen molar-refractivity contribution in [3.8, 4) is 5.75 Å². The number of guanidine groups is 1. The van der Waals surface area contributed by atoms with Crippen molar-refractivity contribution >= 4 is 17.6 Å². The van der Waals surface area contributed by atoms with Crippen molar-refractivity contribution in [2.75, 3.05) is 47.0 Å². The lowest BCUT2D eigenvalue weighted by molar-refractivity contribution is -0.0972. The van der Waals surface area contributed by atoms with E-state index >= 15 is 0 Å². The minimum absolute atomic E-state index is 0.216. The number of halogens is 1. The Morgan fingerprint density at radius 3 is 2.86 bits per heavy atom. The van der Waals surface area contributed by atoms with Crippen molar-refractivity contribution in [2.24, 2.45) is 10.4 Å². The molecule has 1 saturated heterocycles. The third-order valence-electron chi connectivity index (χ3n) is 3.64. The molecule has 2 rings (SSSR count). The van der Waals surface area contributed by atoms with Crippen LogP contribution in [0.1, 0.15) is 6.92 Å². The maximum absolute atomic E-state index is 5.93. The summed E-state index contributed by atoms with van der Waals surface area (Å²) in [6.07, 6.45) is 0. The second-order valence-corrected chi connectivity index (χ2v) is 6.37. The highest BCUT2D eigenvalue weighted by Gasteiger charge is 2.33. The van der Waals surface area contributed by atoms with Crippen LogP contribution in [0.3, 0.4) is 0 Å². The minimum Gasteiger partial charge on any atom is -0.492 e. The van der Waals surface area contributed by atoms with E-state index in [-0.39, 0.29) is 5.41 Å². The Hall–Kier alpha value is -1.46. The van der Waals surface area contributed by atoms with E-state index in [9.17, 15) is 0 Å². The van der Waals surface area contributed by atoms with E-state index in [1.54, 1.807) is 7.05 Å². The number of hydrogen-bond donors (Lipinski definition) is 1. The number of ether oxygens (including phenoxy) is 2. The predicted molar refractivity (Wildman–Crippen MR) is 89.9 cm³/mol. The minimum atomic E-state index is 0.216. The molecule has 1 heterocycles. The summed E-state index contributed by atoms with van der Waals surface area (Å²) >= 11 is 5.93. The first kappa shape index (κ1) is 16.9. The Bertz CT molecular complexity index is 518. The summed E-state index contributed by atoms with van der Waals surface area (Å²) in [6.45, 7) is 5.98. The molecule has 1 aliphatic heterocycles. The third-order valence-corrected chi connectivity index (χ3v) is 3.87. The van der Waals surface area contributed by atoms with Gasteiger partial charge in [-0.25, -0.2) is 0 Å². The van der Waals surface area contributed by atoms with Crippen LogP contribution >= 0.6 is 11.6 Å². The Morgan fingerprint density at radius 2 is 2.27 bits per heavy atom. The Balaban J connectivity index is 1.73. The second-order valence-electron chi connectivity index (χ2n) is 5.93. The highest BCUT2D eigenvalue weighted by Crippen LogP contribution is 2.25. The summed E-state index contributed by atoms with van der Waals surface area (Å²) in [6, 6.07) is 7.42. The first-order valence-corrected chi connectivity index (χ1v) is 7.78. The molecule has 22 heavy (non-hydrogen) atoms. The second kappa shape index (κ2) is 7.70. The van der Waals surface area contributed by atoms with Gasteiger partial charge in [0.25, 0.3) is 0 Å². The van der Waals surface area contributed by atoms with Crippen LogP contribution in [-0.4, -0.2) is 57.9 Å².